The summed E-state index contributed by atoms with van der Waals surface area (Å²) in [5, 5.41) is 2.59. The summed E-state index contributed by atoms with van der Waals surface area (Å²) in [6, 6.07) is 10.5. The number of alkyl halides is 2. The van der Waals surface area contributed by atoms with E-state index in [9.17, 15) is 22.0 Å². The second kappa shape index (κ2) is 9.54. The molecule has 0 unspecified atom stereocenters. The van der Waals surface area contributed by atoms with E-state index in [-0.39, 0.29) is 22.5 Å². The van der Waals surface area contributed by atoms with Crippen LogP contribution in [0, 0.1) is 5.92 Å². The van der Waals surface area contributed by atoms with Crippen LogP contribution in [0.1, 0.15) is 32.5 Å². The van der Waals surface area contributed by atoms with Gasteiger partial charge in [-0.1, -0.05) is 0 Å². The summed E-state index contributed by atoms with van der Waals surface area (Å²) >= 11 is 0. The van der Waals surface area contributed by atoms with Crippen LogP contribution in [0.3, 0.4) is 0 Å². The number of benzene rings is 2. The van der Waals surface area contributed by atoms with E-state index in [0.29, 0.717) is 42.2 Å². The maximum absolute atomic E-state index is 14.4. The van der Waals surface area contributed by atoms with Gasteiger partial charge in [0.1, 0.15) is 0 Å². The fraction of sp³-hybridized carbons (Fsp3) is 0.417. The zero-order valence-electron chi connectivity index (χ0n) is 19.8. The molecule has 1 fully saturated rings. The monoisotopic (exact) mass is 506 g/mol. The van der Waals surface area contributed by atoms with Crippen LogP contribution in [0.2, 0.25) is 0 Å². The van der Waals surface area contributed by atoms with Gasteiger partial charge in [-0.15, -0.1) is 0 Å². The van der Waals surface area contributed by atoms with Crippen molar-refractivity contribution < 1.29 is 26.7 Å². The van der Waals surface area contributed by atoms with Crippen molar-refractivity contribution in [3.8, 4) is 0 Å². The third kappa shape index (κ3) is 5.30. The zero-order valence-corrected chi connectivity index (χ0v) is 20.6. The summed E-state index contributed by atoms with van der Waals surface area (Å²) < 4.78 is 63.3. The van der Waals surface area contributed by atoms with Crippen molar-refractivity contribution in [2.75, 3.05) is 29.9 Å². The van der Waals surface area contributed by atoms with Crippen LogP contribution in [-0.2, 0) is 32.0 Å². The molecule has 0 bridgehead atoms. The first kappa shape index (κ1) is 25.1. The summed E-state index contributed by atoms with van der Waals surface area (Å²) in [4.78, 5) is 15.4. The molecular weight excluding hydrogens is 478 g/mol. The number of amides is 1. The smallest absolute Gasteiger partial charge is 0.302 e. The summed E-state index contributed by atoms with van der Waals surface area (Å²) in [5.41, 5.74) is 1.60. The molecular formula is C24H28F2N4O4S. The molecule has 2 aromatic carbocycles. The minimum Gasteiger partial charge on any atom is -0.381 e. The second-order valence-corrected chi connectivity index (χ2v) is 10.8. The van der Waals surface area contributed by atoms with E-state index >= 15 is 0 Å². The quantitative estimate of drug-likeness (QED) is 0.514. The number of sulfonamides is 1. The molecule has 11 heteroatoms. The first-order valence-electron chi connectivity index (χ1n) is 11.3. The molecule has 0 spiro atoms. The number of hydrogen-bond acceptors (Lipinski definition) is 5. The number of imidazole rings is 1. The summed E-state index contributed by atoms with van der Waals surface area (Å²) in [6.07, 6.45) is 1.57. The van der Waals surface area contributed by atoms with Crippen molar-refractivity contribution in [2.24, 2.45) is 5.92 Å². The normalized spacial score (nSPS) is 15.3. The third-order valence-corrected chi connectivity index (χ3v) is 7.90. The molecule has 188 valence electrons. The summed E-state index contributed by atoms with van der Waals surface area (Å²) in [7, 11) is -2.54. The molecule has 1 aromatic heterocycles. The molecule has 1 aliphatic rings. The van der Waals surface area contributed by atoms with E-state index in [0.717, 1.165) is 24.1 Å². The van der Waals surface area contributed by atoms with Gasteiger partial charge in [-0.05, 0) is 61.2 Å². The number of carbonyl (C=O) groups excluding carboxylic acids is 1. The lowest BCUT2D eigenvalue weighted by Crippen LogP contribution is -2.26. The number of anilines is 2. The molecule has 1 saturated heterocycles. The van der Waals surface area contributed by atoms with E-state index in [1.807, 2.05) is 0 Å². The van der Waals surface area contributed by atoms with Crippen LogP contribution in [0.4, 0.5) is 20.2 Å². The molecule has 8 nitrogen and oxygen atoms in total. The van der Waals surface area contributed by atoms with Gasteiger partial charge in [-0.2, -0.15) is 8.78 Å². The van der Waals surface area contributed by atoms with E-state index < -0.39 is 15.9 Å². The minimum absolute atomic E-state index is 0.0278. The molecule has 0 atom stereocenters. The van der Waals surface area contributed by atoms with Crippen molar-refractivity contribution >= 4 is 38.3 Å². The van der Waals surface area contributed by atoms with Crippen LogP contribution < -0.4 is 9.62 Å². The molecule has 0 aliphatic carbocycles. The third-order valence-electron chi connectivity index (χ3n) is 6.10. The Balaban J connectivity index is 1.67. The lowest BCUT2D eigenvalue weighted by atomic mass is 10.00. The van der Waals surface area contributed by atoms with Gasteiger partial charge in [0.2, 0.25) is 5.91 Å². The first-order chi connectivity index (χ1) is 16.5. The van der Waals surface area contributed by atoms with Gasteiger partial charge < -0.3 is 14.6 Å². The average Bonchev–Trinajstić information content (AvgIpc) is 3.17. The lowest BCUT2D eigenvalue weighted by molar-refractivity contribution is -0.114. The fourth-order valence-electron chi connectivity index (χ4n) is 4.23. The van der Waals surface area contributed by atoms with E-state index in [4.69, 9.17) is 4.74 Å². The van der Waals surface area contributed by atoms with Crippen LogP contribution in [0.5, 0.6) is 0 Å². The van der Waals surface area contributed by atoms with Gasteiger partial charge in [-0.25, -0.2) is 13.4 Å². The molecule has 3 aromatic rings. The van der Waals surface area contributed by atoms with Crippen molar-refractivity contribution in [3.63, 3.8) is 0 Å². The molecule has 0 saturated carbocycles. The van der Waals surface area contributed by atoms with E-state index in [1.54, 1.807) is 16.7 Å². The van der Waals surface area contributed by atoms with Crippen LogP contribution in [0.25, 0.3) is 11.0 Å². The molecule has 1 aliphatic heterocycles. The molecule has 1 N–H and O–H groups in total. The van der Waals surface area contributed by atoms with Gasteiger partial charge in [0, 0.05) is 46.3 Å². The predicted molar refractivity (Wildman–Crippen MR) is 129 cm³/mol. The molecule has 1 amide bonds. The highest BCUT2D eigenvalue weighted by atomic mass is 32.2. The SMILES string of the molecule is CC(=O)Nc1ccc(S(=O)(=O)N(C)c2ccc3c(c2)nc(C(C)(F)F)n3CC2CCOCC2)cc1. The summed E-state index contributed by atoms with van der Waals surface area (Å²) in [5.74, 6) is -3.56. The lowest BCUT2D eigenvalue weighted by Gasteiger charge is -2.24. The maximum atomic E-state index is 14.4. The first-order valence-corrected chi connectivity index (χ1v) is 12.7. The Kier molecular flexibility index (Phi) is 6.83. The number of carbonyl (C=O) groups is 1. The van der Waals surface area contributed by atoms with Crippen molar-refractivity contribution in [1.82, 2.24) is 9.55 Å². The molecule has 2 heterocycles. The Morgan fingerprint density at radius 3 is 2.46 bits per heavy atom. The van der Waals surface area contributed by atoms with Gasteiger partial charge in [0.05, 0.1) is 21.6 Å². The highest BCUT2D eigenvalue weighted by Gasteiger charge is 2.33. The van der Waals surface area contributed by atoms with E-state index in [1.165, 1.54) is 44.3 Å². The van der Waals surface area contributed by atoms with Crippen LogP contribution in [-0.4, -0.2) is 44.1 Å². The number of ether oxygens (including phenoxy) is 1. The van der Waals surface area contributed by atoms with Gasteiger partial charge in [-0.3, -0.25) is 9.10 Å². The Hall–Kier alpha value is -3.05. The Labute approximate surface area is 202 Å². The van der Waals surface area contributed by atoms with E-state index in [2.05, 4.69) is 10.3 Å². The minimum atomic E-state index is -3.94. The number of fused-ring (bicyclic) bond motifs is 1. The number of hydrogen-bond donors (Lipinski definition) is 1. The number of halogens is 2. The standard InChI is InChI=1S/C24H28F2N4O4S/c1-16(31)27-18-4-7-20(8-5-18)35(32,33)29(3)19-6-9-22-21(14-19)28-23(24(2,25)26)30(22)15-17-10-12-34-13-11-17/h4-9,14,17H,10-13,15H2,1-3H3,(H,27,31). The number of nitrogens with zero attached hydrogens (tertiary/aromatic N) is 3. The Morgan fingerprint density at radius 2 is 1.86 bits per heavy atom. The molecule has 35 heavy (non-hydrogen) atoms. The highest BCUT2D eigenvalue weighted by Crippen LogP contribution is 2.34. The van der Waals surface area contributed by atoms with Gasteiger partial charge >= 0.3 is 5.92 Å². The fourth-order valence-corrected chi connectivity index (χ4v) is 5.42. The van der Waals surface area contributed by atoms with Crippen molar-refractivity contribution in [3.05, 3.63) is 48.3 Å². The number of nitrogens with one attached hydrogen (secondary N) is 1. The maximum Gasteiger partial charge on any atom is 0.302 e. The van der Waals surface area contributed by atoms with Crippen molar-refractivity contribution in [2.45, 2.75) is 44.1 Å². The Bertz CT molecular complexity index is 1330. The zero-order chi connectivity index (χ0) is 25.4. The average molecular weight is 507 g/mol. The largest absolute Gasteiger partial charge is 0.381 e. The number of aromatic nitrogens is 2. The molecule has 4 rings (SSSR count). The van der Waals surface area contributed by atoms with Crippen LogP contribution >= 0.6 is 0 Å². The second-order valence-electron chi connectivity index (χ2n) is 8.84. The Morgan fingerprint density at radius 1 is 1.20 bits per heavy atom. The predicted octanol–water partition coefficient (Wildman–Crippen LogP) is 4.36. The van der Waals surface area contributed by atoms with Crippen molar-refractivity contribution in [1.29, 1.82) is 0 Å². The summed E-state index contributed by atoms with van der Waals surface area (Å²) in [6.45, 7) is 3.78. The van der Waals surface area contributed by atoms with Crippen LogP contribution in [0.15, 0.2) is 47.4 Å². The topological polar surface area (TPSA) is 93.5 Å². The molecule has 0 radical (unpaired) electrons. The van der Waals surface area contributed by atoms with Gasteiger partial charge in [0.25, 0.3) is 10.0 Å². The van der Waals surface area contributed by atoms with Gasteiger partial charge in [0.15, 0.2) is 5.82 Å². The highest BCUT2D eigenvalue weighted by molar-refractivity contribution is 7.92. The number of rotatable bonds is 7.